The van der Waals surface area contributed by atoms with Gasteiger partial charge in [-0.2, -0.15) is 0 Å². The van der Waals surface area contributed by atoms with Gasteiger partial charge in [-0.15, -0.1) is 11.3 Å². The van der Waals surface area contributed by atoms with Crippen LogP contribution in [-0.2, 0) is 16.1 Å². The Morgan fingerprint density at radius 1 is 1.77 bits per heavy atom. The zero-order valence-electron chi connectivity index (χ0n) is 7.45. The van der Waals surface area contributed by atoms with E-state index in [1.807, 2.05) is 5.38 Å². The smallest absolute Gasteiger partial charge is 0.319 e. The van der Waals surface area contributed by atoms with Crippen LogP contribution in [0.25, 0.3) is 0 Å². The number of hydrogen-bond donors (Lipinski definition) is 1. The standard InChI is InChI=1S/C8H12N2O2S/c1-2-12-8(11)6-9-5-7-10-3-4-13-7/h3-4,9H,2,5-6H2,1H3. The molecule has 0 aliphatic carbocycles. The van der Waals surface area contributed by atoms with E-state index in [-0.39, 0.29) is 12.5 Å². The second-order valence-corrected chi connectivity index (χ2v) is 3.31. The lowest BCUT2D eigenvalue weighted by Gasteiger charge is -2.01. The minimum Gasteiger partial charge on any atom is -0.465 e. The fourth-order valence-corrected chi connectivity index (χ4v) is 1.41. The molecule has 1 aromatic rings. The van der Waals surface area contributed by atoms with Gasteiger partial charge in [-0.05, 0) is 6.92 Å². The summed E-state index contributed by atoms with van der Waals surface area (Å²) < 4.78 is 4.74. The molecule has 0 spiro atoms. The topological polar surface area (TPSA) is 51.2 Å². The quantitative estimate of drug-likeness (QED) is 0.714. The first-order chi connectivity index (χ1) is 6.33. The van der Waals surface area contributed by atoms with Crippen molar-refractivity contribution < 1.29 is 9.53 Å². The maximum Gasteiger partial charge on any atom is 0.319 e. The molecule has 4 nitrogen and oxygen atoms in total. The van der Waals surface area contributed by atoms with Crippen LogP contribution in [0.2, 0.25) is 0 Å². The summed E-state index contributed by atoms with van der Waals surface area (Å²) in [6, 6.07) is 0. The van der Waals surface area contributed by atoms with Crippen LogP contribution in [-0.4, -0.2) is 24.1 Å². The van der Waals surface area contributed by atoms with Crippen molar-refractivity contribution in [3.63, 3.8) is 0 Å². The number of nitrogens with zero attached hydrogens (tertiary/aromatic N) is 1. The van der Waals surface area contributed by atoms with Crippen LogP contribution in [0.5, 0.6) is 0 Å². The van der Waals surface area contributed by atoms with Gasteiger partial charge in [0, 0.05) is 18.1 Å². The third kappa shape index (κ3) is 4.00. The molecular formula is C8H12N2O2S. The minimum atomic E-state index is -0.223. The number of aromatic nitrogens is 1. The molecule has 0 aliphatic heterocycles. The van der Waals surface area contributed by atoms with Gasteiger partial charge in [0.25, 0.3) is 0 Å². The van der Waals surface area contributed by atoms with Crippen molar-refractivity contribution in [2.45, 2.75) is 13.5 Å². The fraction of sp³-hybridized carbons (Fsp3) is 0.500. The van der Waals surface area contributed by atoms with Crippen molar-refractivity contribution >= 4 is 17.3 Å². The molecule has 1 heterocycles. The minimum absolute atomic E-state index is 0.223. The molecule has 0 unspecified atom stereocenters. The normalized spacial score (nSPS) is 9.92. The lowest BCUT2D eigenvalue weighted by molar-refractivity contribution is -0.142. The zero-order chi connectivity index (χ0) is 9.52. The first-order valence-electron chi connectivity index (χ1n) is 4.07. The van der Waals surface area contributed by atoms with Gasteiger partial charge in [0.1, 0.15) is 5.01 Å². The van der Waals surface area contributed by atoms with Gasteiger partial charge in [0.05, 0.1) is 13.2 Å². The molecule has 0 saturated carbocycles. The molecule has 1 rings (SSSR count). The van der Waals surface area contributed by atoms with E-state index in [4.69, 9.17) is 4.74 Å². The number of hydrogen-bond acceptors (Lipinski definition) is 5. The van der Waals surface area contributed by atoms with Crippen LogP contribution in [0.4, 0.5) is 0 Å². The second-order valence-electron chi connectivity index (χ2n) is 2.33. The van der Waals surface area contributed by atoms with Crippen molar-refractivity contribution in [2.75, 3.05) is 13.2 Å². The molecule has 0 aromatic carbocycles. The van der Waals surface area contributed by atoms with E-state index in [9.17, 15) is 4.79 Å². The third-order valence-corrected chi connectivity index (χ3v) is 2.11. The summed E-state index contributed by atoms with van der Waals surface area (Å²) in [5.74, 6) is -0.223. The highest BCUT2D eigenvalue weighted by molar-refractivity contribution is 7.09. The molecule has 5 heteroatoms. The number of thiazole rings is 1. The maximum absolute atomic E-state index is 10.9. The summed E-state index contributed by atoms with van der Waals surface area (Å²) in [6.45, 7) is 3.08. The van der Waals surface area contributed by atoms with Gasteiger partial charge < -0.3 is 10.1 Å². The predicted molar refractivity (Wildman–Crippen MR) is 50.5 cm³/mol. The molecule has 0 radical (unpaired) electrons. The van der Waals surface area contributed by atoms with Gasteiger partial charge in [0.15, 0.2) is 0 Å². The summed E-state index contributed by atoms with van der Waals surface area (Å²) >= 11 is 1.56. The SMILES string of the molecule is CCOC(=O)CNCc1nccs1. The van der Waals surface area contributed by atoms with Gasteiger partial charge in [-0.25, -0.2) is 4.98 Å². The lowest BCUT2D eigenvalue weighted by atomic mass is 10.6. The maximum atomic E-state index is 10.9. The van der Waals surface area contributed by atoms with Crippen molar-refractivity contribution in [3.05, 3.63) is 16.6 Å². The average Bonchev–Trinajstić information content (AvgIpc) is 2.57. The Labute approximate surface area is 80.9 Å². The molecule has 1 aromatic heterocycles. The Bertz CT molecular complexity index is 249. The van der Waals surface area contributed by atoms with E-state index >= 15 is 0 Å². The Kier molecular flexibility index (Phi) is 4.42. The molecule has 0 saturated heterocycles. The molecule has 72 valence electrons. The van der Waals surface area contributed by atoms with E-state index in [1.165, 1.54) is 0 Å². The molecule has 1 N–H and O–H groups in total. The molecule has 0 fully saturated rings. The van der Waals surface area contributed by atoms with Crippen LogP contribution >= 0.6 is 11.3 Å². The number of rotatable bonds is 5. The summed E-state index contributed by atoms with van der Waals surface area (Å²) in [5.41, 5.74) is 0. The Hall–Kier alpha value is -0.940. The highest BCUT2D eigenvalue weighted by Crippen LogP contribution is 2.01. The molecule has 0 aliphatic rings. The molecule has 13 heavy (non-hydrogen) atoms. The van der Waals surface area contributed by atoms with Crippen molar-refractivity contribution in [3.8, 4) is 0 Å². The van der Waals surface area contributed by atoms with Crippen LogP contribution in [0, 0.1) is 0 Å². The van der Waals surface area contributed by atoms with Gasteiger partial charge in [0.2, 0.25) is 0 Å². The highest BCUT2D eigenvalue weighted by Gasteiger charge is 2.00. The van der Waals surface area contributed by atoms with E-state index in [0.717, 1.165) is 5.01 Å². The van der Waals surface area contributed by atoms with E-state index in [2.05, 4.69) is 10.3 Å². The van der Waals surface area contributed by atoms with E-state index < -0.39 is 0 Å². The summed E-state index contributed by atoms with van der Waals surface area (Å²) in [6.07, 6.45) is 1.74. The number of esters is 1. The second kappa shape index (κ2) is 5.66. The number of carbonyl (C=O) groups is 1. The Balaban J connectivity index is 2.11. The zero-order valence-corrected chi connectivity index (χ0v) is 8.26. The first kappa shape index (κ1) is 10.1. The molecule has 0 amide bonds. The monoisotopic (exact) mass is 200 g/mol. The molecule has 0 bridgehead atoms. The van der Waals surface area contributed by atoms with Gasteiger partial charge in [-0.3, -0.25) is 4.79 Å². The number of carbonyl (C=O) groups excluding carboxylic acids is 1. The first-order valence-corrected chi connectivity index (χ1v) is 4.95. The average molecular weight is 200 g/mol. The fourth-order valence-electron chi connectivity index (χ4n) is 0.824. The largest absolute Gasteiger partial charge is 0.465 e. The van der Waals surface area contributed by atoms with Crippen molar-refractivity contribution in [1.29, 1.82) is 0 Å². The highest BCUT2D eigenvalue weighted by atomic mass is 32.1. The van der Waals surface area contributed by atoms with Crippen LogP contribution in [0.15, 0.2) is 11.6 Å². The summed E-state index contributed by atoms with van der Waals surface area (Å²) in [5, 5.41) is 5.83. The third-order valence-electron chi connectivity index (χ3n) is 1.33. The summed E-state index contributed by atoms with van der Waals surface area (Å²) in [4.78, 5) is 14.9. The molecule has 0 atom stereocenters. The number of nitrogens with one attached hydrogen (secondary N) is 1. The number of ether oxygens (including phenoxy) is 1. The van der Waals surface area contributed by atoms with Crippen molar-refractivity contribution in [1.82, 2.24) is 10.3 Å². The van der Waals surface area contributed by atoms with E-state index in [0.29, 0.717) is 13.2 Å². The van der Waals surface area contributed by atoms with Gasteiger partial charge >= 0.3 is 5.97 Å². The Morgan fingerprint density at radius 2 is 2.62 bits per heavy atom. The molecular weight excluding hydrogens is 188 g/mol. The van der Waals surface area contributed by atoms with Crippen LogP contribution in [0.3, 0.4) is 0 Å². The Morgan fingerprint density at radius 3 is 3.23 bits per heavy atom. The van der Waals surface area contributed by atoms with Crippen molar-refractivity contribution in [2.24, 2.45) is 0 Å². The van der Waals surface area contributed by atoms with E-state index in [1.54, 1.807) is 24.5 Å². The van der Waals surface area contributed by atoms with Crippen LogP contribution in [0.1, 0.15) is 11.9 Å². The van der Waals surface area contributed by atoms with Gasteiger partial charge in [-0.1, -0.05) is 0 Å². The predicted octanol–water partition coefficient (Wildman–Crippen LogP) is 0.796. The lowest BCUT2D eigenvalue weighted by Crippen LogP contribution is -2.24. The summed E-state index contributed by atoms with van der Waals surface area (Å²) in [7, 11) is 0. The van der Waals surface area contributed by atoms with Crippen LogP contribution < -0.4 is 5.32 Å².